The van der Waals surface area contributed by atoms with E-state index in [9.17, 15) is 9.90 Å². The first-order valence-electron chi connectivity index (χ1n) is 11.1. The summed E-state index contributed by atoms with van der Waals surface area (Å²) >= 11 is 0. The summed E-state index contributed by atoms with van der Waals surface area (Å²) in [6.07, 6.45) is 2.25. The van der Waals surface area contributed by atoms with Crippen LogP contribution in [0.25, 0.3) is 0 Å². The second-order valence-corrected chi connectivity index (χ2v) is 9.22. The van der Waals surface area contributed by atoms with Crippen LogP contribution in [0.5, 0.6) is 11.5 Å². The van der Waals surface area contributed by atoms with Gasteiger partial charge in [0.25, 0.3) is 5.91 Å². The number of phenols is 1. The number of phenolic OH excluding ortho intramolecular Hbond substituents is 1. The van der Waals surface area contributed by atoms with Crippen molar-refractivity contribution in [3.8, 4) is 11.5 Å². The molecule has 0 spiro atoms. The molecule has 1 N–H and O–H groups in total. The minimum atomic E-state index is -0.883. The van der Waals surface area contributed by atoms with Crippen LogP contribution in [0.15, 0.2) is 10.6 Å². The van der Waals surface area contributed by atoms with Crippen molar-refractivity contribution < 1.29 is 19.2 Å². The zero-order chi connectivity index (χ0) is 22.3. The van der Waals surface area contributed by atoms with E-state index in [2.05, 4.69) is 10.1 Å². The van der Waals surface area contributed by atoms with Gasteiger partial charge in [-0.2, -0.15) is 0 Å². The zero-order valence-corrected chi connectivity index (χ0v) is 19.2. The highest BCUT2D eigenvalue weighted by Gasteiger charge is 2.43. The lowest BCUT2D eigenvalue weighted by atomic mass is 9.86. The molecule has 1 aromatic heterocycles. The van der Waals surface area contributed by atoms with E-state index in [1.165, 1.54) is 0 Å². The van der Waals surface area contributed by atoms with Gasteiger partial charge in [-0.1, -0.05) is 5.16 Å². The van der Waals surface area contributed by atoms with Crippen LogP contribution in [0.3, 0.4) is 0 Å². The number of amides is 1. The maximum Gasteiger partial charge on any atom is 0.266 e. The molecule has 0 saturated carbocycles. The van der Waals surface area contributed by atoms with Crippen LogP contribution >= 0.6 is 0 Å². The van der Waals surface area contributed by atoms with Gasteiger partial charge >= 0.3 is 0 Å². The molecule has 2 aromatic rings. The monoisotopic (exact) mass is 427 g/mol. The number of ether oxygens (including phenoxy) is 1. The molecule has 2 aliphatic heterocycles. The van der Waals surface area contributed by atoms with Crippen molar-refractivity contribution >= 4 is 5.91 Å². The molecule has 1 atom stereocenters. The number of aryl methyl sites for hydroxylation is 1. The summed E-state index contributed by atoms with van der Waals surface area (Å²) < 4.78 is 11.6. The first kappa shape index (κ1) is 21.7. The normalized spacial score (nSPS) is 22.0. The third kappa shape index (κ3) is 4.03. The zero-order valence-electron chi connectivity index (χ0n) is 19.2. The Balaban J connectivity index is 1.47. The van der Waals surface area contributed by atoms with Crippen molar-refractivity contribution in [1.29, 1.82) is 0 Å². The van der Waals surface area contributed by atoms with Gasteiger partial charge in [-0.25, -0.2) is 0 Å². The molecule has 0 aliphatic carbocycles. The highest BCUT2D eigenvalue weighted by Crippen LogP contribution is 2.43. The van der Waals surface area contributed by atoms with Crippen LogP contribution in [0.4, 0.5) is 0 Å². The molecule has 31 heavy (non-hydrogen) atoms. The summed E-state index contributed by atoms with van der Waals surface area (Å²) in [7, 11) is 0. The molecule has 3 heterocycles. The summed E-state index contributed by atoms with van der Waals surface area (Å²) in [5, 5.41) is 14.5. The molecule has 1 fully saturated rings. The smallest absolute Gasteiger partial charge is 0.266 e. The third-order valence-corrected chi connectivity index (χ3v) is 6.91. The molecule has 1 aromatic carbocycles. The molecule has 1 amide bonds. The molecule has 0 bridgehead atoms. The molecule has 168 valence electrons. The van der Waals surface area contributed by atoms with Gasteiger partial charge in [0.1, 0.15) is 17.3 Å². The van der Waals surface area contributed by atoms with Crippen molar-refractivity contribution in [2.24, 2.45) is 0 Å². The van der Waals surface area contributed by atoms with Gasteiger partial charge in [0, 0.05) is 50.8 Å². The Morgan fingerprint density at radius 3 is 2.61 bits per heavy atom. The number of carbonyl (C=O) groups excluding carboxylic acids is 1. The van der Waals surface area contributed by atoms with E-state index in [4.69, 9.17) is 9.26 Å². The van der Waals surface area contributed by atoms with Gasteiger partial charge in [-0.3, -0.25) is 9.69 Å². The highest BCUT2D eigenvalue weighted by atomic mass is 16.5. The topological polar surface area (TPSA) is 79.0 Å². The summed E-state index contributed by atoms with van der Waals surface area (Å²) in [5.74, 6) is 1.98. The van der Waals surface area contributed by atoms with Crippen LogP contribution in [-0.2, 0) is 17.8 Å². The van der Waals surface area contributed by atoms with Crippen molar-refractivity contribution in [2.45, 2.75) is 66.0 Å². The second-order valence-electron chi connectivity index (χ2n) is 9.22. The molecular formula is C24H33N3O4. The maximum atomic E-state index is 13.6. The molecular weight excluding hydrogens is 394 g/mol. The molecule has 2 aliphatic rings. The molecule has 1 unspecified atom stereocenters. The van der Waals surface area contributed by atoms with Crippen molar-refractivity contribution in [1.82, 2.24) is 15.0 Å². The average molecular weight is 428 g/mol. The maximum absolute atomic E-state index is 13.6. The van der Waals surface area contributed by atoms with Gasteiger partial charge in [-0.15, -0.1) is 0 Å². The first-order chi connectivity index (χ1) is 14.7. The summed E-state index contributed by atoms with van der Waals surface area (Å²) in [6, 6.07) is 1.96. The molecule has 7 heteroatoms. The Kier molecular flexibility index (Phi) is 5.73. The highest BCUT2D eigenvalue weighted by molar-refractivity contribution is 5.86. The Morgan fingerprint density at radius 1 is 1.13 bits per heavy atom. The fourth-order valence-corrected chi connectivity index (χ4v) is 4.79. The number of aromatic hydroxyl groups is 1. The second kappa shape index (κ2) is 8.19. The predicted octanol–water partition coefficient (Wildman–Crippen LogP) is 3.43. The minimum absolute atomic E-state index is 0.0556. The number of rotatable bonds is 3. The summed E-state index contributed by atoms with van der Waals surface area (Å²) in [4.78, 5) is 17.8. The minimum Gasteiger partial charge on any atom is -0.507 e. The van der Waals surface area contributed by atoms with Crippen LogP contribution < -0.4 is 4.74 Å². The van der Waals surface area contributed by atoms with Crippen LogP contribution in [0.2, 0.25) is 0 Å². The number of fused-ring (bicyclic) bond motifs is 1. The van der Waals surface area contributed by atoms with Gasteiger partial charge in [-0.05, 0) is 64.2 Å². The number of hydrogen-bond donors (Lipinski definition) is 1. The standard InChI is InChI=1S/C24H33N3O4/c1-15-13-19(25-31-15)14-26-9-6-10-27(12-11-26)23(29)24(5)8-7-20-18(4)21(28)16(2)17(3)22(20)30-24/h13,28H,6-12,14H2,1-5H3. The predicted molar refractivity (Wildman–Crippen MR) is 117 cm³/mol. The first-order valence-corrected chi connectivity index (χ1v) is 11.1. The van der Waals surface area contributed by atoms with E-state index >= 15 is 0 Å². The lowest BCUT2D eigenvalue weighted by Gasteiger charge is -2.39. The average Bonchev–Trinajstić information content (AvgIpc) is 3.02. The molecule has 7 nitrogen and oxygen atoms in total. The largest absolute Gasteiger partial charge is 0.507 e. The quantitative estimate of drug-likeness (QED) is 0.809. The van der Waals surface area contributed by atoms with Crippen LogP contribution in [0.1, 0.15) is 53.5 Å². The number of carbonyl (C=O) groups is 1. The van der Waals surface area contributed by atoms with Crippen molar-refractivity contribution in [3.63, 3.8) is 0 Å². The Morgan fingerprint density at radius 2 is 1.90 bits per heavy atom. The van der Waals surface area contributed by atoms with Gasteiger partial charge in [0.2, 0.25) is 0 Å². The molecule has 0 radical (unpaired) electrons. The lowest BCUT2D eigenvalue weighted by Crippen LogP contribution is -2.53. The number of nitrogens with zero attached hydrogens (tertiary/aromatic N) is 3. The van der Waals surface area contributed by atoms with Crippen LogP contribution in [0, 0.1) is 27.7 Å². The van der Waals surface area contributed by atoms with Gasteiger partial charge < -0.3 is 19.3 Å². The molecule has 4 rings (SSSR count). The fraction of sp³-hybridized carbons (Fsp3) is 0.583. The summed E-state index contributed by atoms with van der Waals surface area (Å²) in [5.41, 5.74) is 3.67. The van der Waals surface area contributed by atoms with E-state index in [0.717, 1.165) is 78.5 Å². The van der Waals surface area contributed by atoms with E-state index in [1.54, 1.807) is 0 Å². The Bertz CT molecular complexity index is 999. The lowest BCUT2D eigenvalue weighted by molar-refractivity contribution is -0.148. The van der Waals surface area contributed by atoms with Crippen molar-refractivity contribution in [3.05, 3.63) is 39.8 Å². The van der Waals surface area contributed by atoms with E-state index in [1.807, 2.05) is 45.6 Å². The van der Waals surface area contributed by atoms with Crippen molar-refractivity contribution in [2.75, 3.05) is 26.2 Å². The number of aromatic nitrogens is 1. The third-order valence-electron chi connectivity index (χ3n) is 6.91. The fourth-order valence-electron chi connectivity index (χ4n) is 4.79. The van der Waals surface area contributed by atoms with Crippen LogP contribution in [-0.4, -0.2) is 57.8 Å². The van der Waals surface area contributed by atoms with E-state index in [0.29, 0.717) is 18.7 Å². The SMILES string of the molecule is Cc1cc(CN2CCCN(C(=O)C3(C)CCc4c(C)c(O)c(C)c(C)c4O3)CC2)no1. The van der Waals surface area contributed by atoms with E-state index in [-0.39, 0.29) is 5.91 Å². The van der Waals surface area contributed by atoms with E-state index < -0.39 is 5.60 Å². The Hall–Kier alpha value is -2.54. The Labute approximate surface area is 184 Å². The molecule has 1 saturated heterocycles. The summed E-state index contributed by atoms with van der Waals surface area (Å²) in [6.45, 7) is 13.5. The van der Waals surface area contributed by atoms with Gasteiger partial charge in [0.05, 0.1) is 5.69 Å². The number of benzene rings is 1. The number of hydrogen-bond acceptors (Lipinski definition) is 6. The van der Waals surface area contributed by atoms with Gasteiger partial charge in [0.15, 0.2) is 5.60 Å².